The van der Waals surface area contributed by atoms with Gasteiger partial charge >= 0.3 is 5.97 Å². The predicted octanol–water partition coefficient (Wildman–Crippen LogP) is 5.68. The standard InChI is InChI=1S/C29H35N3O3/c1-21-24(20-32(31-21)26-17-11-12-18-34-26)19-25(28(33)35-29(2,3)4)30-27(22-13-7-5-8-14-22)23-15-9-6-10-16-23/h5-10,13-16,20,25-26H,11-12,17-19H2,1-4H3. The Bertz CT molecular complexity index is 1100. The second-order valence-corrected chi connectivity index (χ2v) is 10.0. The Hall–Kier alpha value is -3.25. The van der Waals surface area contributed by atoms with Crippen LogP contribution in [0.5, 0.6) is 0 Å². The minimum absolute atomic E-state index is 0.0520. The quantitative estimate of drug-likeness (QED) is 0.327. The maximum absolute atomic E-state index is 13.4. The second kappa shape index (κ2) is 11.0. The Morgan fingerprint density at radius 2 is 1.71 bits per heavy atom. The molecule has 184 valence electrons. The largest absolute Gasteiger partial charge is 0.458 e. The second-order valence-electron chi connectivity index (χ2n) is 10.0. The average molecular weight is 474 g/mol. The van der Waals surface area contributed by atoms with Crippen LogP contribution in [0.4, 0.5) is 0 Å². The van der Waals surface area contributed by atoms with Crippen molar-refractivity contribution in [3.05, 3.63) is 89.2 Å². The van der Waals surface area contributed by atoms with Crippen LogP contribution >= 0.6 is 0 Å². The number of aromatic nitrogens is 2. The Kier molecular flexibility index (Phi) is 7.81. The molecule has 0 spiro atoms. The van der Waals surface area contributed by atoms with Gasteiger partial charge in [0.2, 0.25) is 0 Å². The highest BCUT2D eigenvalue weighted by Crippen LogP contribution is 2.24. The summed E-state index contributed by atoms with van der Waals surface area (Å²) in [6, 6.07) is 19.2. The summed E-state index contributed by atoms with van der Waals surface area (Å²) in [4.78, 5) is 18.4. The molecule has 3 aromatic rings. The number of carbonyl (C=O) groups is 1. The van der Waals surface area contributed by atoms with Crippen LogP contribution in [0.25, 0.3) is 0 Å². The molecule has 0 N–H and O–H groups in total. The fourth-order valence-corrected chi connectivity index (χ4v) is 4.22. The van der Waals surface area contributed by atoms with Gasteiger partial charge in [-0.05, 0) is 52.5 Å². The molecule has 6 heteroatoms. The minimum Gasteiger partial charge on any atom is -0.458 e. The molecule has 2 aromatic carbocycles. The third kappa shape index (κ3) is 6.67. The highest BCUT2D eigenvalue weighted by atomic mass is 16.6. The number of benzene rings is 2. The monoisotopic (exact) mass is 473 g/mol. The first-order chi connectivity index (χ1) is 16.8. The number of rotatable bonds is 7. The number of carbonyl (C=O) groups excluding carboxylic acids is 1. The number of hydrogen-bond donors (Lipinski definition) is 0. The molecule has 4 rings (SSSR count). The molecule has 0 saturated carbocycles. The van der Waals surface area contributed by atoms with Crippen LogP contribution < -0.4 is 0 Å². The summed E-state index contributed by atoms with van der Waals surface area (Å²) < 4.78 is 13.6. The van der Waals surface area contributed by atoms with E-state index in [1.165, 1.54) is 0 Å². The molecular weight excluding hydrogens is 438 g/mol. The zero-order valence-electron chi connectivity index (χ0n) is 21.1. The van der Waals surface area contributed by atoms with Crippen molar-refractivity contribution in [3.8, 4) is 0 Å². The summed E-state index contributed by atoms with van der Waals surface area (Å²) in [5.74, 6) is -0.345. The number of hydrogen-bond acceptors (Lipinski definition) is 5. The summed E-state index contributed by atoms with van der Waals surface area (Å²) in [6.45, 7) is 8.36. The lowest BCUT2D eigenvalue weighted by atomic mass is 10.0. The minimum atomic E-state index is -0.715. The highest BCUT2D eigenvalue weighted by molar-refractivity contribution is 6.13. The van der Waals surface area contributed by atoms with Gasteiger partial charge in [0.05, 0.1) is 11.4 Å². The molecule has 6 nitrogen and oxygen atoms in total. The number of ether oxygens (including phenoxy) is 2. The molecular formula is C29H35N3O3. The topological polar surface area (TPSA) is 65.7 Å². The molecule has 0 amide bonds. The molecule has 0 aliphatic carbocycles. The van der Waals surface area contributed by atoms with Crippen LogP contribution in [-0.4, -0.2) is 39.7 Å². The summed E-state index contributed by atoms with van der Waals surface area (Å²) >= 11 is 0. The van der Waals surface area contributed by atoms with Crippen molar-refractivity contribution >= 4 is 11.7 Å². The van der Waals surface area contributed by atoms with Crippen molar-refractivity contribution in [1.29, 1.82) is 0 Å². The normalized spacial score (nSPS) is 17.0. The van der Waals surface area contributed by atoms with Gasteiger partial charge in [-0.25, -0.2) is 9.48 Å². The molecule has 2 atom stereocenters. The van der Waals surface area contributed by atoms with Crippen molar-refractivity contribution in [2.24, 2.45) is 4.99 Å². The molecule has 35 heavy (non-hydrogen) atoms. The lowest BCUT2D eigenvalue weighted by Crippen LogP contribution is -2.33. The molecule has 1 fully saturated rings. The van der Waals surface area contributed by atoms with Crippen LogP contribution in [0, 0.1) is 6.92 Å². The Balaban J connectivity index is 1.72. The van der Waals surface area contributed by atoms with Crippen molar-refractivity contribution in [2.75, 3.05) is 6.61 Å². The third-order valence-corrected chi connectivity index (χ3v) is 5.94. The van der Waals surface area contributed by atoms with E-state index < -0.39 is 11.6 Å². The Morgan fingerprint density at radius 1 is 1.09 bits per heavy atom. The fraction of sp³-hybridized carbons (Fsp3) is 0.414. The van der Waals surface area contributed by atoms with Gasteiger partial charge in [0.25, 0.3) is 0 Å². The summed E-state index contributed by atoms with van der Waals surface area (Å²) in [5, 5.41) is 4.71. The van der Waals surface area contributed by atoms with E-state index in [4.69, 9.17) is 19.6 Å². The van der Waals surface area contributed by atoms with Gasteiger partial charge in [0.1, 0.15) is 11.8 Å². The lowest BCUT2D eigenvalue weighted by molar-refractivity contribution is -0.156. The smallest absolute Gasteiger partial charge is 0.331 e. The van der Waals surface area contributed by atoms with E-state index in [2.05, 4.69) is 0 Å². The number of aryl methyl sites for hydroxylation is 1. The van der Waals surface area contributed by atoms with Gasteiger partial charge in [0, 0.05) is 30.4 Å². The van der Waals surface area contributed by atoms with Crippen molar-refractivity contribution in [3.63, 3.8) is 0 Å². The molecule has 0 bridgehead atoms. The van der Waals surface area contributed by atoms with Gasteiger partial charge in [-0.15, -0.1) is 0 Å². The first-order valence-corrected chi connectivity index (χ1v) is 12.4. The van der Waals surface area contributed by atoms with E-state index >= 15 is 0 Å². The lowest BCUT2D eigenvalue weighted by Gasteiger charge is -2.23. The van der Waals surface area contributed by atoms with E-state index in [9.17, 15) is 4.79 Å². The first kappa shape index (κ1) is 24.9. The number of aliphatic imine (C=N–C) groups is 1. The zero-order valence-corrected chi connectivity index (χ0v) is 21.1. The molecule has 2 heterocycles. The van der Waals surface area contributed by atoms with Gasteiger partial charge < -0.3 is 9.47 Å². The number of esters is 1. The molecule has 1 aromatic heterocycles. The van der Waals surface area contributed by atoms with Crippen molar-refractivity contribution < 1.29 is 14.3 Å². The maximum Gasteiger partial charge on any atom is 0.331 e. The predicted molar refractivity (Wildman–Crippen MR) is 138 cm³/mol. The SMILES string of the molecule is Cc1nn(C2CCCCO2)cc1CC(N=C(c1ccccc1)c1ccccc1)C(=O)OC(C)(C)C. The summed E-state index contributed by atoms with van der Waals surface area (Å²) in [6.07, 6.45) is 5.51. The molecule has 0 radical (unpaired) electrons. The van der Waals surface area contributed by atoms with Gasteiger partial charge in [-0.1, -0.05) is 60.7 Å². The molecule has 1 aliphatic heterocycles. The Morgan fingerprint density at radius 3 is 2.26 bits per heavy atom. The van der Waals surface area contributed by atoms with E-state index in [-0.39, 0.29) is 12.2 Å². The third-order valence-electron chi connectivity index (χ3n) is 5.94. The van der Waals surface area contributed by atoms with Crippen molar-refractivity contribution in [2.45, 2.75) is 71.2 Å². The van der Waals surface area contributed by atoms with Crippen LogP contribution in [-0.2, 0) is 20.7 Å². The van der Waals surface area contributed by atoms with Crippen LogP contribution in [0.1, 0.15) is 68.6 Å². The first-order valence-electron chi connectivity index (χ1n) is 12.4. The average Bonchev–Trinajstić information content (AvgIpc) is 3.22. The van der Waals surface area contributed by atoms with E-state index in [1.54, 1.807) is 0 Å². The van der Waals surface area contributed by atoms with Gasteiger partial charge in [0.15, 0.2) is 6.04 Å². The van der Waals surface area contributed by atoms with Crippen LogP contribution in [0.3, 0.4) is 0 Å². The van der Waals surface area contributed by atoms with E-state index in [0.29, 0.717) is 6.42 Å². The van der Waals surface area contributed by atoms with E-state index in [1.807, 2.05) is 99.2 Å². The van der Waals surface area contributed by atoms with Crippen molar-refractivity contribution in [1.82, 2.24) is 9.78 Å². The van der Waals surface area contributed by atoms with Gasteiger partial charge in [-0.3, -0.25) is 4.99 Å². The summed E-state index contributed by atoms with van der Waals surface area (Å²) in [7, 11) is 0. The van der Waals surface area contributed by atoms with Gasteiger partial charge in [-0.2, -0.15) is 5.10 Å². The molecule has 1 aliphatic rings. The summed E-state index contributed by atoms with van der Waals surface area (Å²) in [5.41, 5.74) is 3.91. The van der Waals surface area contributed by atoms with Crippen LogP contribution in [0.2, 0.25) is 0 Å². The van der Waals surface area contributed by atoms with E-state index in [0.717, 1.165) is 54.0 Å². The van der Waals surface area contributed by atoms with Crippen LogP contribution in [0.15, 0.2) is 71.9 Å². The molecule has 2 unspecified atom stereocenters. The molecule has 1 saturated heterocycles. The zero-order chi connectivity index (χ0) is 24.8. The highest BCUT2D eigenvalue weighted by Gasteiger charge is 2.28. The maximum atomic E-state index is 13.4. The number of nitrogens with zero attached hydrogens (tertiary/aromatic N) is 3. The fourth-order valence-electron chi connectivity index (χ4n) is 4.22. The Labute approximate surface area is 208 Å².